The predicted molar refractivity (Wildman–Crippen MR) is 57.1 cm³/mol. The van der Waals surface area contributed by atoms with Crippen LogP contribution in [0.2, 0.25) is 0 Å². The maximum atomic E-state index is 11.3. The zero-order valence-electron chi connectivity index (χ0n) is 9.19. The molecule has 0 radical (unpaired) electrons. The van der Waals surface area contributed by atoms with Crippen LogP contribution in [-0.2, 0) is 19.9 Å². The van der Waals surface area contributed by atoms with Gasteiger partial charge in [0.25, 0.3) is 5.91 Å². The molecule has 94 valence electrons. The summed E-state index contributed by atoms with van der Waals surface area (Å²) in [4.78, 5) is 22.3. The molecule has 0 bridgehead atoms. The van der Waals surface area contributed by atoms with E-state index in [1.807, 2.05) is 4.72 Å². The lowest BCUT2D eigenvalue weighted by molar-refractivity contribution is -0.138. The number of hydrogen-bond acceptors (Lipinski definition) is 4. The van der Waals surface area contributed by atoms with Gasteiger partial charge in [-0.15, -0.1) is 0 Å². The molecule has 0 aromatic rings. The van der Waals surface area contributed by atoms with Gasteiger partial charge >= 0.3 is 10.3 Å². The molecular formula is C8H16N2O5S. The van der Waals surface area contributed by atoms with Crippen molar-refractivity contribution in [3.8, 4) is 0 Å². The predicted octanol–water partition coefficient (Wildman–Crippen LogP) is -0.747. The van der Waals surface area contributed by atoms with E-state index in [1.165, 1.54) is 0 Å². The van der Waals surface area contributed by atoms with Crippen molar-refractivity contribution >= 4 is 22.0 Å². The molecule has 0 fully saturated rings. The molecule has 0 aromatic carbocycles. The Hall–Kier alpha value is -0.990. The second-order valence-electron chi connectivity index (χ2n) is 3.18. The monoisotopic (exact) mass is 252 g/mol. The van der Waals surface area contributed by atoms with Crippen molar-refractivity contribution in [1.82, 2.24) is 10.0 Å². The lowest BCUT2D eigenvalue weighted by Crippen LogP contribution is -2.39. The number of nitrogens with one attached hydrogen (secondary N) is 2. The SMILES string of the molecule is CCNC(=O)C(=O)CC(CC)NS(=O)(=O)O. The first kappa shape index (κ1) is 15.0. The van der Waals surface area contributed by atoms with Gasteiger partial charge in [-0.25, -0.2) is 0 Å². The number of carbonyl (C=O) groups is 2. The van der Waals surface area contributed by atoms with E-state index in [0.717, 1.165) is 0 Å². The number of rotatable bonds is 7. The Bertz CT molecular complexity index is 351. The number of carbonyl (C=O) groups excluding carboxylic acids is 2. The van der Waals surface area contributed by atoms with Gasteiger partial charge in [0.1, 0.15) is 0 Å². The first-order chi connectivity index (χ1) is 7.30. The molecule has 0 heterocycles. The first-order valence-electron chi connectivity index (χ1n) is 4.85. The molecule has 0 aliphatic rings. The van der Waals surface area contributed by atoms with Crippen molar-refractivity contribution in [2.75, 3.05) is 6.54 Å². The molecule has 0 saturated heterocycles. The van der Waals surface area contributed by atoms with Crippen molar-refractivity contribution in [3.63, 3.8) is 0 Å². The van der Waals surface area contributed by atoms with Crippen LogP contribution in [-0.4, -0.2) is 37.2 Å². The summed E-state index contributed by atoms with van der Waals surface area (Å²) in [5, 5.41) is 2.31. The number of amides is 1. The fourth-order valence-electron chi connectivity index (χ4n) is 1.06. The second-order valence-corrected chi connectivity index (χ2v) is 4.37. The normalized spacial score (nSPS) is 13.2. The molecule has 1 amide bonds. The maximum Gasteiger partial charge on any atom is 0.333 e. The van der Waals surface area contributed by atoms with Crippen LogP contribution in [0.1, 0.15) is 26.7 Å². The minimum atomic E-state index is -4.35. The topological polar surface area (TPSA) is 113 Å². The van der Waals surface area contributed by atoms with Crippen LogP contribution >= 0.6 is 0 Å². The summed E-state index contributed by atoms with van der Waals surface area (Å²) in [6, 6.07) is -0.773. The van der Waals surface area contributed by atoms with Gasteiger partial charge in [-0.2, -0.15) is 13.1 Å². The fraction of sp³-hybridized carbons (Fsp3) is 0.750. The zero-order valence-corrected chi connectivity index (χ0v) is 10.0. The van der Waals surface area contributed by atoms with Crippen LogP contribution in [0.15, 0.2) is 0 Å². The number of Topliss-reactive ketones (excluding diaryl/α,β-unsaturated/α-hetero) is 1. The zero-order chi connectivity index (χ0) is 12.8. The summed E-state index contributed by atoms with van der Waals surface area (Å²) >= 11 is 0. The van der Waals surface area contributed by atoms with Crippen molar-refractivity contribution in [2.45, 2.75) is 32.7 Å². The Morgan fingerprint density at radius 2 is 1.88 bits per heavy atom. The average Bonchev–Trinajstić information content (AvgIpc) is 2.14. The summed E-state index contributed by atoms with van der Waals surface area (Å²) in [5.74, 6) is -1.47. The summed E-state index contributed by atoms with van der Waals surface area (Å²) < 4.78 is 31.4. The molecule has 0 aliphatic carbocycles. The van der Waals surface area contributed by atoms with Crippen LogP contribution in [0, 0.1) is 0 Å². The van der Waals surface area contributed by atoms with Gasteiger partial charge in [0.2, 0.25) is 5.78 Å². The quantitative estimate of drug-likeness (QED) is 0.408. The molecule has 3 N–H and O–H groups in total. The molecular weight excluding hydrogens is 236 g/mol. The standard InChI is InChI=1S/C8H16N2O5S/c1-3-6(10-16(13,14)15)5-7(11)8(12)9-4-2/h6,10H,3-5H2,1-2H3,(H,9,12)(H,13,14,15). The van der Waals surface area contributed by atoms with Gasteiger partial charge in [0, 0.05) is 19.0 Å². The highest BCUT2D eigenvalue weighted by Gasteiger charge is 2.21. The van der Waals surface area contributed by atoms with E-state index in [0.29, 0.717) is 13.0 Å². The maximum absolute atomic E-state index is 11.3. The van der Waals surface area contributed by atoms with Crippen molar-refractivity contribution < 1.29 is 22.6 Å². The number of likely N-dealkylation sites (N-methyl/N-ethyl adjacent to an activating group) is 1. The van der Waals surface area contributed by atoms with E-state index in [2.05, 4.69) is 5.32 Å². The fourth-order valence-corrected chi connectivity index (χ4v) is 1.73. The molecule has 8 heteroatoms. The lowest BCUT2D eigenvalue weighted by Gasteiger charge is -2.13. The van der Waals surface area contributed by atoms with E-state index in [9.17, 15) is 18.0 Å². The summed E-state index contributed by atoms with van der Waals surface area (Å²) in [5.41, 5.74) is 0. The Labute approximate surface area is 94.5 Å². The minimum absolute atomic E-state index is 0.276. The van der Waals surface area contributed by atoms with Crippen LogP contribution in [0.25, 0.3) is 0 Å². The highest BCUT2D eigenvalue weighted by atomic mass is 32.2. The van der Waals surface area contributed by atoms with Gasteiger partial charge in [-0.05, 0) is 13.3 Å². The molecule has 0 rings (SSSR count). The van der Waals surface area contributed by atoms with Gasteiger partial charge in [0.15, 0.2) is 0 Å². The van der Waals surface area contributed by atoms with E-state index < -0.39 is 28.0 Å². The average molecular weight is 252 g/mol. The molecule has 0 aromatic heterocycles. The van der Waals surface area contributed by atoms with E-state index in [1.54, 1.807) is 13.8 Å². The Kier molecular flexibility index (Phi) is 6.16. The van der Waals surface area contributed by atoms with Crippen LogP contribution in [0.3, 0.4) is 0 Å². The van der Waals surface area contributed by atoms with Crippen molar-refractivity contribution in [3.05, 3.63) is 0 Å². The van der Waals surface area contributed by atoms with E-state index in [4.69, 9.17) is 4.55 Å². The molecule has 0 spiro atoms. The summed E-state index contributed by atoms with van der Waals surface area (Å²) in [6.45, 7) is 3.62. The molecule has 1 atom stereocenters. The third-order valence-electron chi connectivity index (χ3n) is 1.83. The van der Waals surface area contributed by atoms with Crippen LogP contribution in [0.4, 0.5) is 0 Å². The van der Waals surface area contributed by atoms with Crippen LogP contribution in [0.5, 0.6) is 0 Å². The van der Waals surface area contributed by atoms with Gasteiger partial charge in [-0.3, -0.25) is 14.1 Å². The highest BCUT2D eigenvalue weighted by Crippen LogP contribution is 2.00. The van der Waals surface area contributed by atoms with Gasteiger partial charge in [-0.1, -0.05) is 6.92 Å². The second kappa shape index (κ2) is 6.56. The van der Waals surface area contributed by atoms with Crippen molar-refractivity contribution in [2.24, 2.45) is 0 Å². The molecule has 0 aliphatic heterocycles. The highest BCUT2D eigenvalue weighted by molar-refractivity contribution is 7.83. The molecule has 0 saturated carbocycles. The molecule has 16 heavy (non-hydrogen) atoms. The Morgan fingerprint density at radius 3 is 2.25 bits per heavy atom. The number of ketones is 1. The van der Waals surface area contributed by atoms with E-state index in [-0.39, 0.29) is 6.42 Å². The third-order valence-corrected chi connectivity index (χ3v) is 2.46. The number of hydrogen-bond donors (Lipinski definition) is 3. The third kappa shape index (κ3) is 6.49. The minimum Gasteiger partial charge on any atom is -0.350 e. The smallest absolute Gasteiger partial charge is 0.333 e. The Balaban J connectivity index is 4.33. The van der Waals surface area contributed by atoms with Crippen molar-refractivity contribution in [1.29, 1.82) is 0 Å². The Morgan fingerprint density at radius 1 is 1.31 bits per heavy atom. The molecule has 7 nitrogen and oxygen atoms in total. The largest absolute Gasteiger partial charge is 0.350 e. The van der Waals surface area contributed by atoms with Crippen LogP contribution < -0.4 is 10.0 Å². The summed E-state index contributed by atoms with van der Waals surface area (Å²) in [6.07, 6.45) is 0.0209. The van der Waals surface area contributed by atoms with E-state index >= 15 is 0 Å². The van der Waals surface area contributed by atoms with Gasteiger partial charge in [0.05, 0.1) is 0 Å². The first-order valence-corrected chi connectivity index (χ1v) is 6.29. The molecule has 1 unspecified atom stereocenters. The van der Waals surface area contributed by atoms with Gasteiger partial charge < -0.3 is 5.32 Å². The summed E-state index contributed by atoms with van der Waals surface area (Å²) in [7, 11) is -4.35. The lowest BCUT2D eigenvalue weighted by atomic mass is 10.1.